The lowest BCUT2D eigenvalue weighted by atomic mass is 9.91. The number of pyridine rings is 1. The van der Waals surface area contributed by atoms with Crippen LogP contribution in [0.25, 0.3) is 128 Å². The molecule has 0 aliphatic heterocycles. The molecule has 13 rings (SSSR count). The van der Waals surface area contributed by atoms with Gasteiger partial charge in [0, 0.05) is 61.2 Å². The summed E-state index contributed by atoms with van der Waals surface area (Å²) in [6.07, 6.45) is 1.97. The van der Waals surface area contributed by atoms with Gasteiger partial charge in [-0.3, -0.25) is 4.98 Å². The van der Waals surface area contributed by atoms with Crippen molar-refractivity contribution in [1.82, 2.24) is 24.5 Å². The van der Waals surface area contributed by atoms with Crippen molar-refractivity contribution in [2.75, 3.05) is 0 Å². The van der Waals surface area contributed by atoms with Crippen LogP contribution in [-0.4, -0.2) is 24.5 Å². The van der Waals surface area contributed by atoms with Crippen LogP contribution in [0.3, 0.4) is 0 Å². The van der Waals surface area contributed by atoms with Crippen molar-refractivity contribution in [2.24, 2.45) is 0 Å². The summed E-state index contributed by atoms with van der Waals surface area (Å²) < 4.78 is 9.56. The van der Waals surface area contributed by atoms with Crippen LogP contribution in [0, 0.1) is 0 Å². The van der Waals surface area contributed by atoms with Gasteiger partial charge in [0.1, 0.15) is 5.58 Å². The second-order valence-electron chi connectivity index (χ2n) is 17.0. The molecular formula is C62H39N5O. The average Bonchev–Trinajstić information content (AvgIpc) is 3.98. The minimum atomic E-state index is 0.506. The Morgan fingerprint density at radius 1 is 0.324 bits per heavy atom. The summed E-state index contributed by atoms with van der Waals surface area (Å²) in [5.74, 6) is 1.65. The van der Waals surface area contributed by atoms with Gasteiger partial charge in [0.2, 0.25) is 0 Å². The maximum Gasteiger partial charge on any atom is 0.166 e. The van der Waals surface area contributed by atoms with Gasteiger partial charge in [0.25, 0.3) is 0 Å². The first-order valence-corrected chi connectivity index (χ1v) is 22.8. The molecule has 0 saturated heterocycles. The zero-order valence-electron chi connectivity index (χ0n) is 36.7. The lowest BCUT2D eigenvalue weighted by molar-refractivity contribution is 0.672. The molecule has 68 heavy (non-hydrogen) atoms. The maximum absolute atomic E-state index is 7.24. The number of rotatable bonds is 8. The summed E-state index contributed by atoms with van der Waals surface area (Å²) in [6.45, 7) is 0. The summed E-state index contributed by atoms with van der Waals surface area (Å²) >= 11 is 0. The van der Waals surface area contributed by atoms with Crippen LogP contribution in [-0.2, 0) is 0 Å². The molecule has 0 atom stereocenters. The SMILES string of the molecule is c1ccc(-c2nc(-c3ccccc3)nc(-c3cc(-c4ccc(-c5ccccc5)c(-c5ccccc5)c4)cnc3-c3cccc4c3oc3c4ccc4c5ccccc5n(-c5ccccc5)c43)n2)cc1. The highest BCUT2D eigenvalue weighted by Gasteiger charge is 2.24. The molecule has 0 bridgehead atoms. The van der Waals surface area contributed by atoms with Gasteiger partial charge in [-0.1, -0.05) is 188 Å². The van der Waals surface area contributed by atoms with Gasteiger partial charge in [0.05, 0.1) is 16.7 Å². The molecule has 0 amide bonds. The third-order valence-corrected chi connectivity index (χ3v) is 12.9. The van der Waals surface area contributed by atoms with E-state index in [0.29, 0.717) is 23.2 Å². The number of benzene rings is 9. The van der Waals surface area contributed by atoms with Crippen LogP contribution in [0.5, 0.6) is 0 Å². The van der Waals surface area contributed by atoms with Crippen LogP contribution in [0.1, 0.15) is 0 Å². The van der Waals surface area contributed by atoms with E-state index in [1.54, 1.807) is 0 Å². The molecule has 0 fully saturated rings. The first-order valence-electron chi connectivity index (χ1n) is 22.8. The Kier molecular flexibility index (Phi) is 9.39. The van der Waals surface area contributed by atoms with Crippen LogP contribution in [0.2, 0.25) is 0 Å². The van der Waals surface area contributed by atoms with E-state index in [1.807, 2.05) is 66.9 Å². The van der Waals surface area contributed by atoms with Gasteiger partial charge in [-0.15, -0.1) is 0 Å². The highest BCUT2D eigenvalue weighted by molar-refractivity contribution is 6.22. The summed E-state index contributed by atoms with van der Waals surface area (Å²) in [4.78, 5) is 21.0. The smallest absolute Gasteiger partial charge is 0.166 e. The van der Waals surface area contributed by atoms with Crippen molar-refractivity contribution < 1.29 is 4.42 Å². The average molecular weight is 870 g/mol. The first kappa shape index (κ1) is 39.1. The van der Waals surface area contributed by atoms with E-state index in [-0.39, 0.29) is 0 Å². The third-order valence-electron chi connectivity index (χ3n) is 12.9. The van der Waals surface area contributed by atoms with Crippen LogP contribution < -0.4 is 0 Å². The number of hydrogen-bond acceptors (Lipinski definition) is 5. The topological polar surface area (TPSA) is 69.6 Å². The number of hydrogen-bond donors (Lipinski definition) is 0. The summed E-state index contributed by atoms with van der Waals surface area (Å²) in [5.41, 5.74) is 15.3. The van der Waals surface area contributed by atoms with Gasteiger partial charge in [0.15, 0.2) is 23.1 Å². The number of furan rings is 1. The molecule has 0 spiro atoms. The van der Waals surface area contributed by atoms with E-state index in [9.17, 15) is 0 Å². The molecule has 0 radical (unpaired) electrons. The highest BCUT2D eigenvalue weighted by atomic mass is 16.3. The Bertz CT molecular complexity index is 3940. The van der Waals surface area contributed by atoms with Crippen LogP contribution in [0.15, 0.2) is 241 Å². The van der Waals surface area contributed by atoms with Crippen molar-refractivity contribution in [2.45, 2.75) is 0 Å². The zero-order valence-corrected chi connectivity index (χ0v) is 36.7. The van der Waals surface area contributed by atoms with Crippen molar-refractivity contribution >= 4 is 43.7 Å². The molecule has 6 heteroatoms. The molecule has 0 aliphatic carbocycles. The molecule has 4 heterocycles. The van der Waals surface area contributed by atoms with Crippen molar-refractivity contribution in [3.05, 3.63) is 237 Å². The maximum atomic E-state index is 7.24. The Morgan fingerprint density at radius 2 is 0.853 bits per heavy atom. The van der Waals surface area contributed by atoms with E-state index in [1.165, 1.54) is 5.39 Å². The lowest BCUT2D eigenvalue weighted by Crippen LogP contribution is -2.02. The monoisotopic (exact) mass is 869 g/mol. The van der Waals surface area contributed by atoms with E-state index in [2.05, 4.69) is 174 Å². The van der Waals surface area contributed by atoms with Gasteiger partial charge in [-0.05, 0) is 70.3 Å². The molecule has 0 saturated carbocycles. The second-order valence-corrected chi connectivity index (χ2v) is 17.0. The van der Waals surface area contributed by atoms with Crippen LogP contribution in [0.4, 0.5) is 0 Å². The second kappa shape index (κ2) is 16.3. The van der Waals surface area contributed by atoms with Crippen molar-refractivity contribution in [3.8, 4) is 84.5 Å². The molecule has 0 aliphatic rings. The zero-order chi connectivity index (χ0) is 45.0. The van der Waals surface area contributed by atoms with Gasteiger partial charge >= 0.3 is 0 Å². The molecule has 318 valence electrons. The van der Waals surface area contributed by atoms with Gasteiger partial charge < -0.3 is 8.98 Å². The highest BCUT2D eigenvalue weighted by Crippen LogP contribution is 2.45. The van der Waals surface area contributed by atoms with E-state index < -0.39 is 0 Å². The third kappa shape index (κ3) is 6.66. The lowest BCUT2D eigenvalue weighted by Gasteiger charge is -2.15. The fourth-order valence-corrected chi connectivity index (χ4v) is 9.72. The minimum Gasteiger partial charge on any atom is -0.453 e. The molecule has 0 unspecified atom stereocenters. The molecule has 4 aromatic heterocycles. The number of fused-ring (bicyclic) bond motifs is 7. The Labute approximate surface area is 392 Å². The Balaban J connectivity index is 1.08. The molecular weight excluding hydrogens is 831 g/mol. The fourth-order valence-electron chi connectivity index (χ4n) is 9.72. The van der Waals surface area contributed by atoms with Gasteiger partial charge in [-0.25, -0.2) is 15.0 Å². The Morgan fingerprint density at radius 3 is 1.53 bits per heavy atom. The number of para-hydroxylation sites is 3. The molecule has 13 aromatic rings. The van der Waals surface area contributed by atoms with E-state index in [0.717, 1.165) is 99.7 Å². The van der Waals surface area contributed by atoms with Crippen LogP contribution >= 0.6 is 0 Å². The predicted octanol–water partition coefficient (Wildman–Crippen LogP) is 15.9. The quantitative estimate of drug-likeness (QED) is 0.152. The molecule has 9 aromatic carbocycles. The number of nitrogens with zero attached hydrogens (tertiary/aromatic N) is 5. The fraction of sp³-hybridized carbons (Fsp3) is 0. The van der Waals surface area contributed by atoms with Crippen molar-refractivity contribution in [1.29, 1.82) is 0 Å². The van der Waals surface area contributed by atoms with Gasteiger partial charge in [-0.2, -0.15) is 0 Å². The van der Waals surface area contributed by atoms with E-state index in [4.69, 9.17) is 24.4 Å². The minimum absolute atomic E-state index is 0.506. The largest absolute Gasteiger partial charge is 0.453 e. The summed E-state index contributed by atoms with van der Waals surface area (Å²) in [6, 6.07) is 80.0. The molecule has 6 nitrogen and oxygen atoms in total. The number of aromatic nitrogens is 5. The van der Waals surface area contributed by atoms with E-state index >= 15 is 0 Å². The summed E-state index contributed by atoms with van der Waals surface area (Å²) in [5, 5.41) is 4.31. The molecule has 0 N–H and O–H groups in total. The summed E-state index contributed by atoms with van der Waals surface area (Å²) in [7, 11) is 0. The standard InChI is InChI=1S/C62H39N5O/c1-6-19-40(20-7-1)47-34-33-44(37-53(47)41-21-8-2-9-22-41)45-38-54(62-65-60(42-23-10-3-11-24-42)64-61(66-62)43-25-12-4-13-26-43)56(63-39-45)52-31-18-30-50-51-36-35-49-48-29-16-17-32-55(48)67(46-27-14-5-15-28-46)57(49)59(51)68-58(50)52/h1-39H. The van der Waals surface area contributed by atoms with Crippen molar-refractivity contribution in [3.63, 3.8) is 0 Å². The predicted molar refractivity (Wildman–Crippen MR) is 277 cm³/mol. The normalized spacial score (nSPS) is 11.5. The Hall–Kier alpha value is -9.26. The first-order chi connectivity index (χ1) is 33.7.